The van der Waals surface area contributed by atoms with Gasteiger partial charge in [0.15, 0.2) is 0 Å². The van der Waals surface area contributed by atoms with Gasteiger partial charge in [0.05, 0.1) is 10.9 Å². The molecule has 1 aromatic heterocycles. The van der Waals surface area contributed by atoms with E-state index in [-0.39, 0.29) is 5.56 Å². The minimum Gasteiger partial charge on any atom is -0.399 e. The largest absolute Gasteiger partial charge is 0.399 e. The average Bonchev–Trinajstić information content (AvgIpc) is 2.47. The Labute approximate surface area is 116 Å². The molecule has 20 heavy (non-hydrogen) atoms. The van der Waals surface area contributed by atoms with E-state index in [0.717, 1.165) is 17.6 Å². The number of nitrogen functional groups attached to an aromatic ring is 1. The fourth-order valence-corrected chi connectivity index (χ4v) is 2.20. The molecule has 0 amide bonds. The molecular weight excluding hydrogens is 250 g/mol. The third-order valence-electron chi connectivity index (χ3n) is 3.29. The average molecular weight is 265 g/mol. The van der Waals surface area contributed by atoms with Crippen molar-refractivity contribution in [3.05, 3.63) is 70.3 Å². The highest BCUT2D eigenvalue weighted by Crippen LogP contribution is 2.10. The molecule has 4 heteroatoms. The first-order chi connectivity index (χ1) is 9.72. The van der Waals surface area contributed by atoms with Gasteiger partial charge in [0.1, 0.15) is 5.82 Å². The Balaban J connectivity index is 1.84. The second kappa shape index (κ2) is 5.17. The summed E-state index contributed by atoms with van der Waals surface area (Å²) in [5, 5.41) is 0.628. The van der Waals surface area contributed by atoms with E-state index in [1.807, 2.05) is 42.5 Å². The summed E-state index contributed by atoms with van der Waals surface area (Å²) in [5.74, 6) is 0.713. The maximum absolute atomic E-state index is 11.9. The molecule has 0 unspecified atom stereocenters. The lowest BCUT2D eigenvalue weighted by molar-refractivity contribution is 0.861. The van der Waals surface area contributed by atoms with E-state index >= 15 is 0 Å². The number of aromatic nitrogens is 2. The van der Waals surface area contributed by atoms with Crippen molar-refractivity contribution in [3.8, 4) is 0 Å². The highest BCUT2D eigenvalue weighted by Gasteiger charge is 2.03. The summed E-state index contributed by atoms with van der Waals surface area (Å²) < 4.78 is 0. The number of nitrogens with two attached hydrogens (primary N) is 1. The summed E-state index contributed by atoms with van der Waals surface area (Å²) in [6.45, 7) is 0. The molecular formula is C16H15N3O. The van der Waals surface area contributed by atoms with Crippen molar-refractivity contribution in [3.63, 3.8) is 0 Å². The summed E-state index contributed by atoms with van der Waals surface area (Å²) >= 11 is 0. The van der Waals surface area contributed by atoms with Crippen molar-refractivity contribution in [2.75, 3.05) is 5.73 Å². The highest BCUT2D eigenvalue weighted by molar-refractivity contribution is 5.77. The van der Waals surface area contributed by atoms with Crippen molar-refractivity contribution in [1.82, 2.24) is 9.97 Å². The molecule has 1 heterocycles. The summed E-state index contributed by atoms with van der Waals surface area (Å²) in [4.78, 5) is 19.3. The maximum Gasteiger partial charge on any atom is 0.258 e. The Hall–Kier alpha value is -2.62. The predicted octanol–water partition coefficient (Wildman–Crippen LogP) is 2.29. The number of benzene rings is 2. The van der Waals surface area contributed by atoms with Crippen molar-refractivity contribution in [2.24, 2.45) is 0 Å². The number of anilines is 1. The first-order valence-electron chi connectivity index (χ1n) is 6.55. The van der Waals surface area contributed by atoms with Crippen molar-refractivity contribution < 1.29 is 0 Å². The molecule has 100 valence electrons. The molecule has 3 N–H and O–H groups in total. The highest BCUT2D eigenvalue weighted by atomic mass is 16.1. The van der Waals surface area contributed by atoms with E-state index in [1.54, 1.807) is 6.07 Å². The van der Waals surface area contributed by atoms with Crippen molar-refractivity contribution in [1.29, 1.82) is 0 Å². The number of aromatic amines is 1. The third kappa shape index (κ3) is 2.54. The van der Waals surface area contributed by atoms with Gasteiger partial charge in [0.2, 0.25) is 0 Å². The van der Waals surface area contributed by atoms with Crippen LogP contribution in [0.2, 0.25) is 0 Å². The normalized spacial score (nSPS) is 10.8. The van der Waals surface area contributed by atoms with Crippen LogP contribution in [0.3, 0.4) is 0 Å². The number of aryl methyl sites for hydroxylation is 2. The fraction of sp³-hybridized carbons (Fsp3) is 0.125. The van der Waals surface area contributed by atoms with E-state index in [9.17, 15) is 4.79 Å². The minimum absolute atomic E-state index is 0.0806. The molecule has 0 aliphatic carbocycles. The molecule has 0 aliphatic rings. The van der Waals surface area contributed by atoms with Crippen LogP contribution in [0.1, 0.15) is 11.4 Å². The molecule has 0 atom stereocenters. The van der Waals surface area contributed by atoms with E-state index in [1.165, 1.54) is 5.56 Å². The topological polar surface area (TPSA) is 71.8 Å². The van der Waals surface area contributed by atoms with Crippen LogP contribution in [0.15, 0.2) is 53.3 Å². The molecule has 4 nitrogen and oxygen atoms in total. The zero-order valence-corrected chi connectivity index (χ0v) is 11.0. The smallest absolute Gasteiger partial charge is 0.258 e. The van der Waals surface area contributed by atoms with Gasteiger partial charge in [-0.05, 0) is 36.2 Å². The van der Waals surface area contributed by atoms with Crippen molar-refractivity contribution in [2.45, 2.75) is 12.8 Å². The molecule has 0 radical (unpaired) electrons. The standard InChI is InChI=1S/C16H15N3O/c17-12-8-5-11(6-9-12)7-10-15-18-14-4-2-1-3-13(14)16(20)19-15/h1-6,8-9H,7,10,17H2,(H,18,19,20). The number of nitrogens with one attached hydrogen (secondary N) is 1. The SMILES string of the molecule is Nc1ccc(CCc2nc3ccccc3c(=O)[nH]2)cc1. The lowest BCUT2D eigenvalue weighted by Crippen LogP contribution is -2.12. The van der Waals surface area contributed by atoms with Gasteiger partial charge in [0, 0.05) is 12.1 Å². The van der Waals surface area contributed by atoms with Gasteiger partial charge in [-0.1, -0.05) is 24.3 Å². The number of hydrogen-bond acceptors (Lipinski definition) is 3. The first kappa shape index (κ1) is 12.4. The Bertz CT molecular complexity index is 791. The van der Waals surface area contributed by atoms with Gasteiger partial charge in [-0.15, -0.1) is 0 Å². The fourth-order valence-electron chi connectivity index (χ4n) is 2.20. The molecule has 0 spiro atoms. The first-order valence-corrected chi connectivity index (χ1v) is 6.55. The minimum atomic E-state index is -0.0806. The van der Waals surface area contributed by atoms with Crippen LogP contribution in [0.25, 0.3) is 10.9 Å². The van der Waals surface area contributed by atoms with Crippen LogP contribution >= 0.6 is 0 Å². The number of hydrogen-bond donors (Lipinski definition) is 2. The summed E-state index contributed by atoms with van der Waals surface area (Å²) in [5.41, 5.74) is 8.25. The van der Waals surface area contributed by atoms with Crippen LogP contribution in [0.4, 0.5) is 5.69 Å². The zero-order chi connectivity index (χ0) is 13.9. The van der Waals surface area contributed by atoms with Gasteiger partial charge in [-0.3, -0.25) is 4.79 Å². The molecule has 0 aliphatic heterocycles. The van der Waals surface area contributed by atoms with Crippen LogP contribution in [0.5, 0.6) is 0 Å². The second-order valence-corrected chi connectivity index (χ2v) is 4.77. The van der Waals surface area contributed by atoms with Crippen LogP contribution < -0.4 is 11.3 Å². The molecule has 2 aromatic carbocycles. The zero-order valence-electron chi connectivity index (χ0n) is 11.0. The Morgan fingerprint density at radius 1 is 1.00 bits per heavy atom. The summed E-state index contributed by atoms with van der Waals surface area (Å²) in [7, 11) is 0. The number of H-pyrrole nitrogens is 1. The summed E-state index contributed by atoms with van der Waals surface area (Å²) in [6.07, 6.45) is 1.52. The van der Waals surface area contributed by atoms with Crippen molar-refractivity contribution >= 4 is 16.6 Å². The van der Waals surface area contributed by atoms with Gasteiger partial charge in [0.25, 0.3) is 5.56 Å². The molecule has 3 rings (SSSR count). The quantitative estimate of drug-likeness (QED) is 0.714. The monoisotopic (exact) mass is 265 g/mol. The van der Waals surface area contributed by atoms with E-state index < -0.39 is 0 Å². The Morgan fingerprint density at radius 3 is 2.55 bits per heavy atom. The third-order valence-corrected chi connectivity index (χ3v) is 3.29. The molecule has 0 fully saturated rings. The number of para-hydroxylation sites is 1. The van der Waals surface area contributed by atoms with Gasteiger partial charge in [-0.25, -0.2) is 4.98 Å². The molecule has 0 saturated carbocycles. The Morgan fingerprint density at radius 2 is 1.75 bits per heavy atom. The van der Waals surface area contributed by atoms with Gasteiger partial charge in [-0.2, -0.15) is 0 Å². The maximum atomic E-state index is 11.9. The van der Waals surface area contributed by atoms with E-state index in [0.29, 0.717) is 17.6 Å². The predicted molar refractivity (Wildman–Crippen MR) is 80.6 cm³/mol. The number of fused-ring (bicyclic) bond motifs is 1. The number of nitrogens with zero attached hydrogens (tertiary/aromatic N) is 1. The van der Waals surface area contributed by atoms with Gasteiger partial charge < -0.3 is 10.7 Å². The summed E-state index contributed by atoms with van der Waals surface area (Å²) in [6, 6.07) is 15.1. The van der Waals surface area contributed by atoms with Crippen LogP contribution in [-0.2, 0) is 12.8 Å². The lowest BCUT2D eigenvalue weighted by Gasteiger charge is -2.04. The van der Waals surface area contributed by atoms with Crippen LogP contribution in [-0.4, -0.2) is 9.97 Å². The van der Waals surface area contributed by atoms with E-state index in [4.69, 9.17) is 5.73 Å². The van der Waals surface area contributed by atoms with Gasteiger partial charge >= 0.3 is 0 Å². The van der Waals surface area contributed by atoms with Crippen LogP contribution in [0, 0.1) is 0 Å². The lowest BCUT2D eigenvalue weighted by atomic mass is 10.1. The number of rotatable bonds is 3. The molecule has 3 aromatic rings. The second-order valence-electron chi connectivity index (χ2n) is 4.77. The molecule has 0 saturated heterocycles. The van der Waals surface area contributed by atoms with E-state index in [2.05, 4.69) is 9.97 Å². The molecule has 0 bridgehead atoms. The Kier molecular flexibility index (Phi) is 3.21.